The number of hydrogen-bond donors (Lipinski definition) is 2. The van der Waals surface area contributed by atoms with Gasteiger partial charge in [0.1, 0.15) is 11.5 Å². The van der Waals surface area contributed by atoms with E-state index in [1.807, 2.05) is 13.2 Å². The van der Waals surface area contributed by atoms with Crippen LogP contribution in [-0.2, 0) is 22.8 Å². The van der Waals surface area contributed by atoms with Crippen molar-refractivity contribution >= 4 is 27.4 Å². The van der Waals surface area contributed by atoms with Gasteiger partial charge in [-0.15, -0.1) is 5.10 Å². The summed E-state index contributed by atoms with van der Waals surface area (Å²) in [5, 5.41) is 16.5. The van der Waals surface area contributed by atoms with Gasteiger partial charge in [-0.1, -0.05) is 6.07 Å². The van der Waals surface area contributed by atoms with E-state index in [1.165, 1.54) is 6.20 Å². The molecule has 0 amide bonds. The molecule has 0 aliphatic rings. The zero-order chi connectivity index (χ0) is 19.0. The van der Waals surface area contributed by atoms with Gasteiger partial charge in [-0.2, -0.15) is 10.1 Å². The first-order valence-corrected chi connectivity index (χ1v) is 9.52. The molecule has 12 heteroatoms. The van der Waals surface area contributed by atoms with Crippen molar-refractivity contribution in [3.05, 3.63) is 48.7 Å². The highest BCUT2D eigenvalue weighted by Gasteiger charge is 2.13. The lowest BCUT2D eigenvalue weighted by molar-refractivity contribution is 0.597. The minimum absolute atomic E-state index is 0.271. The van der Waals surface area contributed by atoms with Crippen LogP contribution in [0.5, 0.6) is 0 Å². The van der Waals surface area contributed by atoms with E-state index in [-0.39, 0.29) is 5.75 Å². The molecule has 11 nitrogen and oxygen atoms in total. The summed E-state index contributed by atoms with van der Waals surface area (Å²) in [5.41, 5.74) is 2.54. The van der Waals surface area contributed by atoms with Gasteiger partial charge < -0.3 is 5.32 Å². The van der Waals surface area contributed by atoms with Gasteiger partial charge in [-0.3, -0.25) is 9.67 Å². The third-order valence-electron chi connectivity index (χ3n) is 3.67. The fraction of sp³-hybridized carbons (Fsp3) is 0.133. The fourth-order valence-electron chi connectivity index (χ4n) is 2.55. The minimum Gasteiger partial charge on any atom is -0.307 e. The Bertz CT molecular complexity index is 1210. The van der Waals surface area contributed by atoms with Gasteiger partial charge >= 0.3 is 0 Å². The molecule has 4 aromatic rings. The lowest BCUT2D eigenvalue weighted by atomic mass is 10.2. The van der Waals surface area contributed by atoms with Gasteiger partial charge in [0.15, 0.2) is 5.65 Å². The first-order chi connectivity index (χ1) is 12.9. The lowest BCUT2D eigenvalue weighted by Gasteiger charge is -2.02. The second-order valence-corrected chi connectivity index (χ2v) is 7.48. The minimum atomic E-state index is -3.60. The highest BCUT2D eigenvalue weighted by Crippen LogP contribution is 2.21. The topological polar surface area (TPSA) is 146 Å². The highest BCUT2D eigenvalue weighted by atomic mass is 32.2. The molecular formula is C15H15N9O2S. The molecule has 0 aliphatic heterocycles. The Balaban J connectivity index is 1.61. The van der Waals surface area contributed by atoms with Crippen LogP contribution in [0.1, 0.15) is 5.56 Å². The molecule has 0 saturated heterocycles. The van der Waals surface area contributed by atoms with Crippen molar-refractivity contribution in [3.8, 4) is 11.3 Å². The van der Waals surface area contributed by atoms with Gasteiger partial charge in [0.05, 0.1) is 11.9 Å². The van der Waals surface area contributed by atoms with E-state index in [4.69, 9.17) is 5.14 Å². The summed E-state index contributed by atoms with van der Waals surface area (Å²) >= 11 is 0. The van der Waals surface area contributed by atoms with E-state index in [0.29, 0.717) is 28.7 Å². The molecule has 4 aromatic heterocycles. The standard InChI is InChI=1S/C15H15N9O2S/c1-23-8-11(7-19-23)13-14-21-15(22-24(14)5-4-17-13)20-12-3-2-10(6-18-12)9-27(16,25)26/h2-8H,9H2,1H3,(H2,16,25,26)(H,18,20,22). The van der Waals surface area contributed by atoms with E-state index in [1.54, 1.807) is 39.9 Å². The lowest BCUT2D eigenvalue weighted by Crippen LogP contribution is -2.14. The molecular weight excluding hydrogens is 370 g/mol. The van der Waals surface area contributed by atoms with E-state index in [2.05, 4.69) is 30.5 Å². The summed E-state index contributed by atoms with van der Waals surface area (Å²) in [4.78, 5) is 13.0. The molecule has 27 heavy (non-hydrogen) atoms. The predicted molar refractivity (Wildman–Crippen MR) is 97.3 cm³/mol. The van der Waals surface area contributed by atoms with E-state index >= 15 is 0 Å². The molecule has 0 bridgehead atoms. The van der Waals surface area contributed by atoms with Crippen LogP contribution in [0.25, 0.3) is 16.9 Å². The zero-order valence-corrected chi connectivity index (χ0v) is 15.0. The summed E-state index contributed by atoms with van der Waals surface area (Å²) in [5.74, 6) is 0.535. The maximum atomic E-state index is 11.1. The number of primary sulfonamides is 1. The van der Waals surface area contributed by atoms with Crippen LogP contribution in [0.4, 0.5) is 11.8 Å². The van der Waals surface area contributed by atoms with Crippen LogP contribution >= 0.6 is 0 Å². The molecule has 0 fully saturated rings. The number of pyridine rings is 1. The van der Waals surface area contributed by atoms with Crippen molar-refractivity contribution in [3.63, 3.8) is 0 Å². The van der Waals surface area contributed by atoms with Crippen molar-refractivity contribution in [2.24, 2.45) is 12.2 Å². The number of sulfonamides is 1. The smallest absolute Gasteiger partial charge is 0.248 e. The number of aryl methyl sites for hydroxylation is 1. The Morgan fingerprint density at radius 3 is 2.74 bits per heavy atom. The molecule has 0 unspecified atom stereocenters. The Kier molecular flexibility index (Phi) is 4.05. The monoisotopic (exact) mass is 385 g/mol. The molecule has 0 radical (unpaired) electrons. The Morgan fingerprint density at radius 2 is 2.07 bits per heavy atom. The van der Waals surface area contributed by atoms with Gasteiger partial charge in [-0.05, 0) is 11.6 Å². The van der Waals surface area contributed by atoms with Crippen molar-refractivity contribution < 1.29 is 8.42 Å². The van der Waals surface area contributed by atoms with Crippen LogP contribution in [0.3, 0.4) is 0 Å². The number of nitrogens with zero attached hydrogens (tertiary/aromatic N) is 7. The number of fused-ring (bicyclic) bond motifs is 1. The first kappa shape index (κ1) is 17.1. The number of aromatic nitrogens is 7. The van der Waals surface area contributed by atoms with E-state index < -0.39 is 10.0 Å². The van der Waals surface area contributed by atoms with Gasteiger partial charge in [0.25, 0.3) is 0 Å². The molecule has 0 aromatic carbocycles. The summed E-state index contributed by atoms with van der Waals surface area (Å²) in [6.07, 6.45) is 8.31. The van der Waals surface area contributed by atoms with Crippen LogP contribution in [0.2, 0.25) is 0 Å². The normalized spacial score (nSPS) is 11.8. The maximum Gasteiger partial charge on any atom is 0.248 e. The third-order valence-corrected chi connectivity index (χ3v) is 4.40. The molecule has 0 spiro atoms. The average Bonchev–Trinajstić information content (AvgIpc) is 3.20. The molecule has 3 N–H and O–H groups in total. The SMILES string of the molecule is Cn1cc(-c2nccn3nc(Nc4ccc(CS(N)(=O)=O)cn4)nc23)cn1. The number of hydrogen-bond acceptors (Lipinski definition) is 8. The fourth-order valence-corrected chi connectivity index (χ4v) is 3.18. The average molecular weight is 385 g/mol. The van der Waals surface area contributed by atoms with Gasteiger partial charge in [0.2, 0.25) is 16.0 Å². The van der Waals surface area contributed by atoms with Crippen molar-refractivity contribution in [1.29, 1.82) is 0 Å². The van der Waals surface area contributed by atoms with Crippen molar-refractivity contribution in [1.82, 2.24) is 34.3 Å². The number of rotatable bonds is 5. The molecule has 4 heterocycles. The van der Waals surface area contributed by atoms with Crippen LogP contribution in [0.15, 0.2) is 43.1 Å². The molecule has 138 valence electrons. The first-order valence-electron chi connectivity index (χ1n) is 7.80. The molecule has 0 atom stereocenters. The molecule has 0 aliphatic carbocycles. The number of nitrogens with two attached hydrogens (primary N) is 1. The second kappa shape index (κ2) is 6.41. The summed E-state index contributed by atoms with van der Waals surface area (Å²) in [6.45, 7) is 0. The summed E-state index contributed by atoms with van der Waals surface area (Å²) in [6, 6.07) is 3.25. The Labute approximate surface area is 153 Å². The van der Waals surface area contributed by atoms with Crippen LogP contribution in [0, 0.1) is 0 Å². The summed E-state index contributed by atoms with van der Waals surface area (Å²) < 4.78 is 25.5. The van der Waals surface area contributed by atoms with Crippen LogP contribution < -0.4 is 10.5 Å². The highest BCUT2D eigenvalue weighted by molar-refractivity contribution is 7.88. The van der Waals surface area contributed by atoms with Crippen molar-refractivity contribution in [2.75, 3.05) is 5.32 Å². The predicted octanol–water partition coefficient (Wildman–Crippen LogP) is 0.452. The molecule has 4 rings (SSSR count). The Morgan fingerprint density at radius 1 is 1.22 bits per heavy atom. The van der Waals surface area contributed by atoms with Gasteiger partial charge in [-0.25, -0.2) is 23.1 Å². The quantitative estimate of drug-likeness (QED) is 0.503. The zero-order valence-electron chi connectivity index (χ0n) is 14.2. The maximum absolute atomic E-state index is 11.1. The largest absolute Gasteiger partial charge is 0.307 e. The van der Waals surface area contributed by atoms with E-state index in [0.717, 1.165) is 5.56 Å². The summed E-state index contributed by atoms with van der Waals surface area (Å²) in [7, 11) is -1.77. The van der Waals surface area contributed by atoms with Gasteiger partial charge in [0, 0.05) is 37.4 Å². The van der Waals surface area contributed by atoms with Crippen LogP contribution in [-0.4, -0.2) is 42.8 Å². The second-order valence-electron chi connectivity index (χ2n) is 5.87. The number of nitrogens with one attached hydrogen (secondary N) is 1. The molecule has 0 saturated carbocycles. The third kappa shape index (κ3) is 3.75. The number of anilines is 2. The Hall–Kier alpha value is -3.38. The van der Waals surface area contributed by atoms with E-state index in [9.17, 15) is 8.42 Å². The van der Waals surface area contributed by atoms with Crippen molar-refractivity contribution in [2.45, 2.75) is 5.75 Å².